The number of hydrogen-bond acceptors (Lipinski definition) is 0. The summed E-state index contributed by atoms with van der Waals surface area (Å²) in [6.07, 6.45) is 0. The first-order valence-electron chi connectivity index (χ1n) is 11.0. The molecule has 6 aromatic rings. The van der Waals surface area contributed by atoms with Crippen molar-refractivity contribution in [3.63, 3.8) is 0 Å². The average Bonchev–Trinajstić information content (AvgIpc) is 3.24. The maximum Gasteiger partial charge on any atom is 0.0546 e. The zero-order valence-electron chi connectivity index (χ0n) is 18.0. The summed E-state index contributed by atoms with van der Waals surface area (Å²) >= 11 is 0. The third-order valence-corrected chi connectivity index (χ3v) is 6.25. The molecule has 1 heteroatoms. The van der Waals surface area contributed by atoms with Crippen molar-refractivity contribution in [2.45, 2.75) is 6.92 Å². The lowest BCUT2D eigenvalue weighted by Gasteiger charge is -2.16. The van der Waals surface area contributed by atoms with E-state index < -0.39 is 0 Å². The molecular formula is C31H23N. The molecule has 0 spiro atoms. The van der Waals surface area contributed by atoms with Crippen LogP contribution in [0.25, 0.3) is 49.7 Å². The summed E-state index contributed by atoms with van der Waals surface area (Å²) in [4.78, 5) is 0. The molecule has 1 heterocycles. The van der Waals surface area contributed by atoms with Crippen LogP contribution < -0.4 is 0 Å². The van der Waals surface area contributed by atoms with Gasteiger partial charge in [-0.2, -0.15) is 0 Å². The van der Waals surface area contributed by atoms with E-state index in [1.807, 2.05) is 0 Å². The Morgan fingerprint density at radius 1 is 0.500 bits per heavy atom. The largest absolute Gasteiger partial charge is 0.309 e. The molecule has 0 aliphatic heterocycles. The van der Waals surface area contributed by atoms with Crippen LogP contribution >= 0.6 is 0 Å². The quantitative estimate of drug-likeness (QED) is 0.276. The van der Waals surface area contributed by atoms with Gasteiger partial charge in [-0.3, -0.25) is 0 Å². The minimum atomic E-state index is 1.21. The number of para-hydroxylation sites is 1. The van der Waals surface area contributed by atoms with E-state index in [2.05, 4.69) is 133 Å². The van der Waals surface area contributed by atoms with Crippen molar-refractivity contribution in [1.29, 1.82) is 0 Å². The Labute approximate surface area is 188 Å². The van der Waals surface area contributed by atoms with Gasteiger partial charge in [0.25, 0.3) is 0 Å². The fourth-order valence-electron chi connectivity index (χ4n) is 4.62. The number of fused-ring (bicyclic) bond motifs is 2. The minimum Gasteiger partial charge on any atom is -0.309 e. The van der Waals surface area contributed by atoms with Crippen molar-refractivity contribution in [3.8, 4) is 28.1 Å². The summed E-state index contributed by atoms with van der Waals surface area (Å²) in [5.41, 5.74) is 8.59. The van der Waals surface area contributed by atoms with Crippen LogP contribution in [-0.2, 0) is 0 Å². The zero-order valence-corrected chi connectivity index (χ0v) is 18.0. The highest BCUT2D eigenvalue weighted by atomic mass is 15.1. The van der Waals surface area contributed by atoms with Gasteiger partial charge >= 0.3 is 0 Å². The third-order valence-electron chi connectivity index (χ3n) is 6.25. The zero-order chi connectivity index (χ0) is 21.5. The van der Waals surface area contributed by atoms with Crippen LogP contribution in [0.5, 0.6) is 0 Å². The molecular weight excluding hydrogens is 387 g/mol. The van der Waals surface area contributed by atoms with E-state index in [1.165, 1.54) is 55.3 Å². The molecule has 32 heavy (non-hydrogen) atoms. The fourth-order valence-corrected chi connectivity index (χ4v) is 4.62. The Morgan fingerprint density at radius 3 is 2.00 bits per heavy atom. The van der Waals surface area contributed by atoms with Gasteiger partial charge in [0.05, 0.1) is 16.9 Å². The van der Waals surface area contributed by atoms with Crippen LogP contribution in [0.3, 0.4) is 0 Å². The molecule has 0 saturated carbocycles. The summed E-state index contributed by atoms with van der Waals surface area (Å²) in [6.45, 7) is 2.13. The van der Waals surface area contributed by atoms with Gasteiger partial charge in [0.15, 0.2) is 0 Å². The Balaban J connectivity index is 1.71. The predicted octanol–water partition coefficient (Wildman–Crippen LogP) is 8.43. The van der Waals surface area contributed by atoms with Crippen LogP contribution in [0.4, 0.5) is 0 Å². The SMILES string of the molecule is Cc1ccc(-c2cc(-n3c4ccccc4c[13c]3-c3ccccc3)c3ccccc3c2)cc1. The van der Waals surface area contributed by atoms with Crippen molar-refractivity contribution in [3.05, 3.63) is 127 Å². The van der Waals surface area contributed by atoms with Gasteiger partial charge in [-0.1, -0.05) is 103 Å². The molecule has 152 valence electrons. The van der Waals surface area contributed by atoms with Crippen LogP contribution in [0, 0.1) is 6.92 Å². The molecule has 0 atom stereocenters. The lowest BCUT2D eigenvalue weighted by molar-refractivity contribution is 1.15. The smallest absolute Gasteiger partial charge is 0.0546 e. The van der Waals surface area contributed by atoms with E-state index in [0.717, 1.165) is 0 Å². The van der Waals surface area contributed by atoms with Crippen molar-refractivity contribution >= 4 is 21.7 Å². The Hall–Kier alpha value is -4.10. The number of hydrogen-bond donors (Lipinski definition) is 0. The molecule has 0 fully saturated rings. The van der Waals surface area contributed by atoms with Crippen LogP contribution in [0.15, 0.2) is 121 Å². The standard InChI is InChI=1S/C31H23N/c1-22-15-17-23(18-16-22)27-19-25-11-5-7-13-28(25)31(21-27)32-29-14-8-6-12-26(29)20-30(32)24-9-3-2-4-10-24/h2-21H,1H3/i30+1. The number of benzene rings is 5. The third kappa shape index (κ3) is 3.11. The van der Waals surface area contributed by atoms with Gasteiger partial charge in [-0.25, -0.2) is 0 Å². The first-order valence-corrected chi connectivity index (χ1v) is 11.0. The molecule has 6 rings (SSSR count). The molecule has 0 N–H and O–H groups in total. The second-order valence-corrected chi connectivity index (χ2v) is 8.37. The van der Waals surface area contributed by atoms with E-state index in [0.29, 0.717) is 0 Å². The molecule has 1 aromatic heterocycles. The fraction of sp³-hybridized carbons (Fsp3) is 0.0323. The monoisotopic (exact) mass is 410 g/mol. The summed E-state index contributed by atoms with van der Waals surface area (Å²) < 4.78 is 2.42. The first kappa shape index (κ1) is 18.7. The highest BCUT2D eigenvalue weighted by Gasteiger charge is 2.15. The molecule has 0 bridgehead atoms. The topological polar surface area (TPSA) is 4.93 Å². The summed E-state index contributed by atoms with van der Waals surface area (Å²) in [7, 11) is 0. The second-order valence-electron chi connectivity index (χ2n) is 8.37. The lowest BCUT2D eigenvalue weighted by Crippen LogP contribution is -1.99. The number of aryl methyl sites for hydroxylation is 1. The molecule has 0 radical (unpaired) electrons. The molecule has 0 aliphatic rings. The van der Waals surface area contributed by atoms with Crippen molar-refractivity contribution in [1.82, 2.24) is 4.57 Å². The normalized spacial score (nSPS) is 11.3. The van der Waals surface area contributed by atoms with Gasteiger partial charge < -0.3 is 4.57 Å². The summed E-state index contributed by atoms with van der Waals surface area (Å²) in [5, 5.41) is 3.75. The molecule has 5 aromatic carbocycles. The minimum absolute atomic E-state index is 1.21. The maximum absolute atomic E-state index is 2.42. The van der Waals surface area contributed by atoms with Crippen molar-refractivity contribution in [2.24, 2.45) is 0 Å². The lowest BCUT2D eigenvalue weighted by atomic mass is 9.99. The Morgan fingerprint density at radius 2 is 1.19 bits per heavy atom. The second kappa shape index (κ2) is 7.55. The van der Waals surface area contributed by atoms with E-state index in [4.69, 9.17) is 0 Å². The first-order chi connectivity index (χ1) is 15.8. The van der Waals surface area contributed by atoms with Gasteiger partial charge in [0, 0.05) is 10.8 Å². The van der Waals surface area contributed by atoms with E-state index in [1.54, 1.807) is 0 Å². The van der Waals surface area contributed by atoms with Crippen LogP contribution in [0.1, 0.15) is 5.56 Å². The van der Waals surface area contributed by atoms with Crippen molar-refractivity contribution in [2.75, 3.05) is 0 Å². The molecule has 0 unspecified atom stereocenters. The maximum atomic E-state index is 2.42. The van der Waals surface area contributed by atoms with Crippen molar-refractivity contribution < 1.29 is 0 Å². The number of aromatic nitrogens is 1. The van der Waals surface area contributed by atoms with Gasteiger partial charge in [0.1, 0.15) is 0 Å². The van der Waals surface area contributed by atoms with Gasteiger partial charge in [-0.15, -0.1) is 0 Å². The molecule has 1 nitrogen and oxygen atoms in total. The highest BCUT2D eigenvalue weighted by Crippen LogP contribution is 2.37. The average molecular weight is 411 g/mol. The van der Waals surface area contributed by atoms with E-state index in [9.17, 15) is 0 Å². The molecule has 0 saturated heterocycles. The van der Waals surface area contributed by atoms with Crippen LogP contribution in [-0.4, -0.2) is 4.57 Å². The molecule has 0 amide bonds. The predicted molar refractivity (Wildman–Crippen MR) is 136 cm³/mol. The summed E-state index contributed by atoms with van der Waals surface area (Å²) in [6, 6.07) is 43.8. The Bertz CT molecular complexity index is 1550. The van der Waals surface area contributed by atoms with E-state index in [-0.39, 0.29) is 0 Å². The summed E-state index contributed by atoms with van der Waals surface area (Å²) in [5.74, 6) is 0. The van der Waals surface area contributed by atoms with E-state index >= 15 is 0 Å². The number of rotatable bonds is 3. The Kier molecular flexibility index (Phi) is 4.40. The highest BCUT2D eigenvalue weighted by molar-refractivity contribution is 5.98. The number of nitrogens with zero attached hydrogens (tertiary/aromatic N) is 1. The molecule has 0 aliphatic carbocycles. The van der Waals surface area contributed by atoms with Gasteiger partial charge in [0.2, 0.25) is 0 Å². The van der Waals surface area contributed by atoms with Crippen LogP contribution in [0.2, 0.25) is 0 Å². The van der Waals surface area contributed by atoms with Gasteiger partial charge in [-0.05, 0) is 53.3 Å².